The van der Waals surface area contributed by atoms with Crippen molar-refractivity contribution in [2.75, 3.05) is 25.6 Å². The van der Waals surface area contributed by atoms with Crippen molar-refractivity contribution in [3.05, 3.63) is 88.6 Å². The summed E-state index contributed by atoms with van der Waals surface area (Å²) in [4.78, 5) is 16.6. The maximum atomic E-state index is 13.7. The van der Waals surface area contributed by atoms with Gasteiger partial charge in [0.15, 0.2) is 5.78 Å². The summed E-state index contributed by atoms with van der Waals surface area (Å²) in [6.45, 7) is -0.0991. The number of carbonyl (C=O) groups is 1. The SMILES string of the molecule is COc1cc(NC(C(=O)c2c[nH]c3cc(F)ccc23)c2ccc(F)cc2Cl)cc(OCCO)c1. The van der Waals surface area contributed by atoms with Gasteiger partial charge in [0.1, 0.15) is 35.8 Å². The molecule has 0 aliphatic carbocycles. The Kier molecular flexibility index (Phi) is 7.00. The minimum atomic E-state index is -1.02. The summed E-state index contributed by atoms with van der Waals surface area (Å²) in [6.07, 6.45) is 1.50. The van der Waals surface area contributed by atoms with E-state index in [1.54, 1.807) is 18.2 Å². The minimum Gasteiger partial charge on any atom is -0.497 e. The normalized spacial score (nSPS) is 11.9. The van der Waals surface area contributed by atoms with E-state index in [4.69, 9.17) is 26.2 Å². The molecule has 0 fully saturated rings. The molecule has 1 atom stereocenters. The average molecular weight is 487 g/mol. The highest BCUT2D eigenvalue weighted by molar-refractivity contribution is 6.32. The van der Waals surface area contributed by atoms with Crippen molar-refractivity contribution >= 4 is 34.0 Å². The highest BCUT2D eigenvalue weighted by Gasteiger charge is 2.27. The van der Waals surface area contributed by atoms with Gasteiger partial charge in [0.25, 0.3) is 0 Å². The predicted molar refractivity (Wildman–Crippen MR) is 126 cm³/mol. The molecule has 0 saturated heterocycles. The van der Waals surface area contributed by atoms with Crippen LogP contribution < -0.4 is 14.8 Å². The Hall–Kier alpha value is -3.62. The number of halogens is 3. The van der Waals surface area contributed by atoms with E-state index in [0.717, 1.165) is 6.07 Å². The second-order valence-corrected chi connectivity index (χ2v) is 7.88. The Morgan fingerprint density at radius 2 is 1.82 bits per heavy atom. The second kappa shape index (κ2) is 10.1. The third-order valence-corrected chi connectivity index (χ3v) is 5.56. The van der Waals surface area contributed by atoms with Crippen molar-refractivity contribution in [1.82, 2.24) is 4.98 Å². The number of Topliss-reactive ketones (excluding diaryl/α,β-unsaturated/α-hetero) is 1. The van der Waals surface area contributed by atoms with Crippen LogP contribution in [-0.2, 0) is 0 Å². The van der Waals surface area contributed by atoms with Crippen LogP contribution >= 0.6 is 11.6 Å². The highest BCUT2D eigenvalue weighted by atomic mass is 35.5. The molecule has 0 amide bonds. The molecule has 4 rings (SSSR count). The first-order chi connectivity index (χ1) is 16.4. The standard InChI is InChI=1S/C25H21ClF2N2O4/c1-33-17-10-16(11-18(12-17)34-7-6-31)30-24(20-5-3-14(27)8-22(20)26)25(32)21-13-29-23-9-15(28)2-4-19(21)23/h2-5,8-13,24,29-31H,6-7H2,1H3. The zero-order valence-corrected chi connectivity index (χ0v) is 18.8. The molecule has 0 aliphatic heterocycles. The molecule has 0 bridgehead atoms. The van der Waals surface area contributed by atoms with Crippen LogP contribution in [0.1, 0.15) is 22.0 Å². The second-order valence-electron chi connectivity index (χ2n) is 7.47. The number of nitrogens with one attached hydrogen (secondary N) is 2. The van der Waals surface area contributed by atoms with Gasteiger partial charge in [-0.15, -0.1) is 0 Å². The summed E-state index contributed by atoms with van der Waals surface area (Å²) in [5.74, 6) is -0.473. The first-order valence-electron chi connectivity index (χ1n) is 10.3. The molecule has 0 radical (unpaired) electrons. The van der Waals surface area contributed by atoms with Gasteiger partial charge in [-0.05, 0) is 30.3 Å². The van der Waals surface area contributed by atoms with E-state index < -0.39 is 17.7 Å². The number of aliphatic hydroxyl groups is 1. The first-order valence-corrected chi connectivity index (χ1v) is 10.7. The fourth-order valence-electron chi connectivity index (χ4n) is 3.66. The number of hydrogen-bond donors (Lipinski definition) is 3. The number of anilines is 1. The topological polar surface area (TPSA) is 83.6 Å². The van der Waals surface area contributed by atoms with Gasteiger partial charge in [-0.2, -0.15) is 0 Å². The molecule has 1 aromatic heterocycles. The van der Waals surface area contributed by atoms with Crippen LogP contribution in [0.5, 0.6) is 11.5 Å². The summed E-state index contributed by atoms with van der Waals surface area (Å²) >= 11 is 6.33. The molecule has 3 aromatic carbocycles. The van der Waals surface area contributed by atoms with E-state index in [2.05, 4.69) is 10.3 Å². The molecule has 4 aromatic rings. The number of aromatic amines is 1. The fraction of sp³-hybridized carbons (Fsp3) is 0.160. The lowest BCUT2D eigenvalue weighted by Crippen LogP contribution is -2.22. The molecule has 1 heterocycles. The third kappa shape index (κ3) is 4.98. The molecule has 0 saturated carbocycles. The van der Waals surface area contributed by atoms with E-state index in [9.17, 15) is 13.6 Å². The van der Waals surface area contributed by atoms with Gasteiger partial charge < -0.3 is 24.9 Å². The first kappa shape index (κ1) is 23.5. The molecular formula is C25H21ClF2N2O4. The number of carbonyl (C=O) groups excluding carboxylic acids is 1. The van der Waals surface area contributed by atoms with Crippen molar-refractivity contribution in [3.8, 4) is 11.5 Å². The molecule has 34 heavy (non-hydrogen) atoms. The Bertz CT molecular complexity index is 1340. The number of rotatable bonds is 9. The average Bonchev–Trinajstić information content (AvgIpc) is 3.24. The van der Waals surface area contributed by atoms with Crippen LogP contribution in [0.3, 0.4) is 0 Å². The van der Waals surface area contributed by atoms with Crippen LogP contribution in [0.25, 0.3) is 10.9 Å². The van der Waals surface area contributed by atoms with E-state index in [1.807, 2.05) is 0 Å². The summed E-state index contributed by atoms with van der Waals surface area (Å²) in [5, 5.41) is 12.8. The molecule has 0 spiro atoms. The largest absolute Gasteiger partial charge is 0.497 e. The molecule has 1 unspecified atom stereocenters. The smallest absolute Gasteiger partial charge is 0.191 e. The van der Waals surface area contributed by atoms with Gasteiger partial charge in [-0.3, -0.25) is 4.79 Å². The molecule has 3 N–H and O–H groups in total. The monoisotopic (exact) mass is 486 g/mol. The van der Waals surface area contributed by atoms with Gasteiger partial charge >= 0.3 is 0 Å². The summed E-state index contributed by atoms with van der Waals surface area (Å²) in [7, 11) is 1.49. The van der Waals surface area contributed by atoms with Crippen LogP contribution in [0, 0.1) is 11.6 Å². The lowest BCUT2D eigenvalue weighted by atomic mass is 9.96. The van der Waals surface area contributed by atoms with Crippen molar-refractivity contribution in [3.63, 3.8) is 0 Å². The van der Waals surface area contributed by atoms with Crippen molar-refractivity contribution in [1.29, 1.82) is 0 Å². The van der Waals surface area contributed by atoms with Crippen LogP contribution in [0.15, 0.2) is 60.8 Å². The Labute approximate surface area is 199 Å². The van der Waals surface area contributed by atoms with Gasteiger partial charge in [0, 0.05) is 57.1 Å². The number of benzene rings is 3. The van der Waals surface area contributed by atoms with E-state index in [0.29, 0.717) is 39.2 Å². The lowest BCUT2D eigenvalue weighted by Gasteiger charge is -2.21. The van der Waals surface area contributed by atoms with Crippen LogP contribution in [0.2, 0.25) is 5.02 Å². The number of ketones is 1. The van der Waals surface area contributed by atoms with Crippen LogP contribution in [-0.4, -0.2) is 36.2 Å². The number of aliphatic hydroxyl groups excluding tert-OH is 1. The van der Waals surface area contributed by atoms with Gasteiger partial charge in [0.2, 0.25) is 0 Å². The number of hydrogen-bond acceptors (Lipinski definition) is 5. The number of ether oxygens (including phenoxy) is 2. The van der Waals surface area contributed by atoms with E-state index >= 15 is 0 Å². The molecule has 0 aliphatic rings. The third-order valence-electron chi connectivity index (χ3n) is 5.23. The fourth-order valence-corrected chi connectivity index (χ4v) is 3.94. The van der Waals surface area contributed by atoms with E-state index in [1.165, 1.54) is 43.6 Å². The maximum Gasteiger partial charge on any atom is 0.191 e. The maximum absolute atomic E-state index is 13.7. The predicted octanol–water partition coefficient (Wildman–Crippen LogP) is 5.52. The minimum absolute atomic E-state index is 0.0661. The molecular weight excluding hydrogens is 466 g/mol. The Balaban J connectivity index is 1.78. The van der Waals surface area contributed by atoms with Gasteiger partial charge in [-0.1, -0.05) is 17.7 Å². The molecule has 6 nitrogen and oxygen atoms in total. The lowest BCUT2D eigenvalue weighted by molar-refractivity contribution is 0.0971. The van der Waals surface area contributed by atoms with Crippen molar-refractivity contribution < 1.29 is 28.2 Å². The number of H-pyrrole nitrogens is 1. The van der Waals surface area contributed by atoms with Crippen LogP contribution in [0.4, 0.5) is 14.5 Å². The number of methoxy groups -OCH3 is 1. The Morgan fingerprint density at radius 1 is 1.09 bits per heavy atom. The summed E-state index contributed by atoms with van der Waals surface area (Å²) < 4.78 is 38.2. The van der Waals surface area contributed by atoms with Crippen molar-refractivity contribution in [2.45, 2.75) is 6.04 Å². The van der Waals surface area contributed by atoms with Gasteiger partial charge in [0.05, 0.1) is 13.7 Å². The number of fused-ring (bicyclic) bond motifs is 1. The summed E-state index contributed by atoms with van der Waals surface area (Å²) in [6, 6.07) is 11.8. The molecule has 176 valence electrons. The Morgan fingerprint density at radius 3 is 2.56 bits per heavy atom. The highest BCUT2D eigenvalue weighted by Crippen LogP contribution is 2.34. The van der Waals surface area contributed by atoms with Crippen molar-refractivity contribution in [2.24, 2.45) is 0 Å². The molecule has 9 heteroatoms. The van der Waals surface area contributed by atoms with E-state index in [-0.39, 0.29) is 24.0 Å². The quantitative estimate of drug-likeness (QED) is 0.271. The van der Waals surface area contributed by atoms with Gasteiger partial charge in [-0.25, -0.2) is 8.78 Å². The number of aromatic nitrogens is 1. The zero-order valence-electron chi connectivity index (χ0n) is 18.1. The zero-order chi connectivity index (χ0) is 24.2. The summed E-state index contributed by atoms with van der Waals surface area (Å²) in [5.41, 5.74) is 1.60.